The van der Waals surface area contributed by atoms with Gasteiger partial charge in [-0.2, -0.15) is 0 Å². The van der Waals surface area contributed by atoms with Crippen LogP contribution in [-0.2, 0) is 9.53 Å². The van der Waals surface area contributed by atoms with Crippen LogP contribution >= 0.6 is 22.6 Å². The van der Waals surface area contributed by atoms with Crippen molar-refractivity contribution in [2.45, 2.75) is 69.1 Å². The van der Waals surface area contributed by atoms with Gasteiger partial charge >= 0.3 is 5.97 Å². The topological polar surface area (TPSA) is 30.7 Å². The number of ether oxygens (including phenoxy) is 1. The van der Waals surface area contributed by atoms with Crippen molar-refractivity contribution in [2.75, 3.05) is 7.05 Å². The second-order valence-electron chi connectivity index (χ2n) is 6.35. The number of carbonyl (C=O) groups excluding carboxylic acids is 1. The molecular formula is C14H27INO2+. The first kappa shape index (κ1) is 16.2. The first-order chi connectivity index (χ1) is 8.15. The third kappa shape index (κ3) is 3.83. The lowest BCUT2D eigenvalue weighted by atomic mass is 9.77. The van der Waals surface area contributed by atoms with Crippen molar-refractivity contribution in [3.63, 3.8) is 0 Å². The molecule has 0 bridgehead atoms. The molecule has 3 nitrogen and oxygen atoms in total. The molecule has 106 valence electrons. The highest BCUT2D eigenvalue weighted by molar-refractivity contribution is 14.1. The maximum Gasteiger partial charge on any atom is 0.319 e. The average Bonchev–Trinajstić information content (AvgIpc) is 2.24. The molecular weight excluding hydrogens is 341 g/mol. The van der Waals surface area contributed by atoms with E-state index in [1.807, 2.05) is 6.92 Å². The Kier molecular flexibility index (Phi) is 5.47. The number of esters is 1. The van der Waals surface area contributed by atoms with Crippen molar-refractivity contribution < 1.29 is 14.4 Å². The number of hydrogen-bond acceptors (Lipinski definition) is 2. The molecule has 0 aliphatic carbocycles. The first-order valence-corrected chi connectivity index (χ1v) is 8.10. The van der Waals surface area contributed by atoms with E-state index in [1.54, 1.807) is 4.90 Å². The van der Waals surface area contributed by atoms with Gasteiger partial charge in [-0.3, -0.25) is 4.79 Å². The van der Waals surface area contributed by atoms with Gasteiger partial charge in [-0.15, -0.1) is 0 Å². The van der Waals surface area contributed by atoms with Crippen molar-refractivity contribution in [3.8, 4) is 0 Å². The zero-order chi connectivity index (χ0) is 14.1. The van der Waals surface area contributed by atoms with Crippen LogP contribution in [0.25, 0.3) is 0 Å². The smallest absolute Gasteiger partial charge is 0.319 e. The Bertz CT molecular complexity index is 292. The first-order valence-electron chi connectivity index (χ1n) is 6.85. The standard InChI is InChI=1S/C14H26INO2/c1-9-7-12(8-10(2)16(9)6)14(4,5)18-13(17)11(3)15/h9-12H,7-8H2,1-6H3/p+1. The molecule has 0 amide bonds. The van der Waals surface area contributed by atoms with Gasteiger partial charge in [0.25, 0.3) is 0 Å². The van der Waals surface area contributed by atoms with Gasteiger partial charge in [0.1, 0.15) is 9.53 Å². The molecule has 1 N–H and O–H groups in total. The van der Waals surface area contributed by atoms with E-state index in [0.717, 1.165) is 12.8 Å². The van der Waals surface area contributed by atoms with Crippen molar-refractivity contribution in [1.29, 1.82) is 0 Å². The van der Waals surface area contributed by atoms with E-state index in [4.69, 9.17) is 4.74 Å². The molecule has 0 saturated carbocycles. The Morgan fingerprint density at radius 3 is 2.17 bits per heavy atom. The summed E-state index contributed by atoms with van der Waals surface area (Å²) in [6.07, 6.45) is 2.26. The fourth-order valence-corrected chi connectivity index (χ4v) is 2.93. The predicted molar refractivity (Wildman–Crippen MR) is 82.2 cm³/mol. The number of likely N-dealkylation sites (tertiary alicyclic amines) is 1. The molecule has 18 heavy (non-hydrogen) atoms. The normalized spacial score (nSPS) is 35.1. The highest BCUT2D eigenvalue weighted by Gasteiger charge is 2.42. The van der Waals surface area contributed by atoms with Gasteiger partial charge in [0.2, 0.25) is 0 Å². The van der Waals surface area contributed by atoms with Crippen molar-refractivity contribution >= 4 is 28.6 Å². The molecule has 1 fully saturated rings. The maximum atomic E-state index is 11.8. The third-order valence-corrected chi connectivity index (χ3v) is 5.01. The molecule has 0 radical (unpaired) electrons. The van der Waals surface area contributed by atoms with Crippen molar-refractivity contribution in [2.24, 2.45) is 5.92 Å². The fraction of sp³-hybridized carbons (Fsp3) is 0.929. The van der Waals surface area contributed by atoms with E-state index in [0.29, 0.717) is 18.0 Å². The molecule has 0 aromatic carbocycles. The minimum atomic E-state index is -0.347. The second kappa shape index (κ2) is 6.07. The minimum absolute atomic E-state index is 0.0754. The molecule has 1 saturated heterocycles. The summed E-state index contributed by atoms with van der Waals surface area (Å²) in [6, 6.07) is 1.27. The molecule has 3 atom stereocenters. The zero-order valence-electron chi connectivity index (χ0n) is 12.4. The van der Waals surface area contributed by atoms with E-state index in [2.05, 4.69) is 57.3 Å². The second-order valence-corrected chi connectivity index (χ2v) is 8.22. The molecule has 1 rings (SSSR count). The number of alkyl halides is 1. The highest BCUT2D eigenvalue weighted by atomic mass is 127. The Balaban J connectivity index is 2.70. The monoisotopic (exact) mass is 368 g/mol. The quantitative estimate of drug-likeness (QED) is 0.468. The van der Waals surface area contributed by atoms with Gasteiger partial charge < -0.3 is 9.64 Å². The maximum absolute atomic E-state index is 11.8. The minimum Gasteiger partial charge on any atom is -0.459 e. The summed E-state index contributed by atoms with van der Waals surface area (Å²) < 4.78 is 5.64. The van der Waals surface area contributed by atoms with Crippen LogP contribution in [0.5, 0.6) is 0 Å². The van der Waals surface area contributed by atoms with Gasteiger partial charge in [-0.25, -0.2) is 0 Å². The number of nitrogens with one attached hydrogen (secondary N) is 1. The molecule has 1 aliphatic rings. The van der Waals surface area contributed by atoms with Gasteiger partial charge in [-0.05, 0) is 34.6 Å². The molecule has 0 aromatic rings. The van der Waals surface area contributed by atoms with E-state index < -0.39 is 0 Å². The van der Waals surface area contributed by atoms with Crippen LogP contribution in [0.4, 0.5) is 0 Å². The lowest BCUT2D eigenvalue weighted by Gasteiger charge is -2.43. The number of hydrogen-bond donors (Lipinski definition) is 1. The van der Waals surface area contributed by atoms with Crippen LogP contribution in [0.1, 0.15) is 47.5 Å². The van der Waals surface area contributed by atoms with E-state index in [1.165, 1.54) is 0 Å². The Morgan fingerprint density at radius 2 is 1.78 bits per heavy atom. The Morgan fingerprint density at radius 1 is 1.33 bits per heavy atom. The summed E-state index contributed by atoms with van der Waals surface area (Å²) in [5, 5.41) is 0. The van der Waals surface area contributed by atoms with Crippen molar-refractivity contribution in [3.05, 3.63) is 0 Å². The molecule has 4 heteroatoms. The molecule has 0 spiro atoms. The number of quaternary nitrogens is 1. The Hall–Kier alpha value is 0.160. The van der Waals surface area contributed by atoms with Gasteiger partial charge in [0.15, 0.2) is 0 Å². The average molecular weight is 368 g/mol. The van der Waals surface area contributed by atoms with Crippen LogP contribution in [0.15, 0.2) is 0 Å². The number of piperidine rings is 1. The number of carbonyl (C=O) groups is 1. The Labute approximate surface area is 125 Å². The summed E-state index contributed by atoms with van der Waals surface area (Å²) in [5.41, 5.74) is -0.347. The number of halogens is 1. The van der Waals surface area contributed by atoms with E-state index in [-0.39, 0.29) is 15.5 Å². The van der Waals surface area contributed by atoms with Gasteiger partial charge in [-0.1, -0.05) is 22.6 Å². The van der Waals surface area contributed by atoms with E-state index in [9.17, 15) is 4.79 Å². The van der Waals surface area contributed by atoms with Crippen LogP contribution in [0.3, 0.4) is 0 Å². The van der Waals surface area contributed by atoms with Crippen LogP contribution < -0.4 is 4.90 Å². The lowest BCUT2D eigenvalue weighted by Crippen LogP contribution is -3.17. The van der Waals surface area contributed by atoms with Crippen LogP contribution in [0.2, 0.25) is 0 Å². The zero-order valence-corrected chi connectivity index (χ0v) is 14.6. The predicted octanol–water partition coefficient (Wildman–Crippen LogP) is 1.83. The summed E-state index contributed by atoms with van der Waals surface area (Å²) in [7, 11) is 2.26. The van der Waals surface area contributed by atoms with Gasteiger partial charge in [0, 0.05) is 18.8 Å². The summed E-state index contributed by atoms with van der Waals surface area (Å²) in [4.78, 5) is 13.4. The summed E-state index contributed by atoms with van der Waals surface area (Å²) in [6.45, 7) is 10.6. The van der Waals surface area contributed by atoms with E-state index >= 15 is 0 Å². The number of rotatable bonds is 3. The molecule has 0 aromatic heterocycles. The molecule has 1 heterocycles. The summed E-state index contributed by atoms with van der Waals surface area (Å²) in [5.74, 6) is 0.373. The van der Waals surface area contributed by atoms with Gasteiger partial charge in [0.05, 0.1) is 19.1 Å². The van der Waals surface area contributed by atoms with Crippen LogP contribution in [0, 0.1) is 5.92 Å². The van der Waals surface area contributed by atoms with Crippen molar-refractivity contribution in [1.82, 2.24) is 0 Å². The van der Waals surface area contributed by atoms with Crippen LogP contribution in [-0.4, -0.2) is 34.6 Å². The molecule has 1 aliphatic heterocycles. The molecule has 3 unspecified atom stereocenters. The highest BCUT2D eigenvalue weighted by Crippen LogP contribution is 2.32. The summed E-state index contributed by atoms with van der Waals surface area (Å²) >= 11 is 2.11. The largest absolute Gasteiger partial charge is 0.459 e. The third-order valence-electron chi connectivity index (χ3n) is 4.50. The SMILES string of the molecule is CC(I)C(=O)OC(C)(C)C1CC(C)[NH+](C)C(C)C1. The fourth-order valence-electron chi connectivity index (χ4n) is 2.80. The lowest BCUT2D eigenvalue weighted by molar-refractivity contribution is -0.934.